The van der Waals surface area contributed by atoms with Crippen molar-refractivity contribution in [1.82, 2.24) is 0 Å². The second kappa shape index (κ2) is 6.26. The average molecular weight is 349 g/mol. The molecule has 0 aromatic heterocycles. The predicted molar refractivity (Wildman–Crippen MR) is 88.8 cm³/mol. The zero-order valence-electron chi connectivity index (χ0n) is 12.2. The van der Waals surface area contributed by atoms with E-state index in [1.807, 2.05) is 6.92 Å². The van der Waals surface area contributed by atoms with Gasteiger partial charge in [-0.05, 0) is 49.6 Å². The van der Waals surface area contributed by atoms with Crippen LogP contribution in [-0.2, 0) is 0 Å². The highest BCUT2D eigenvalue weighted by Gasteiger charge is 2.10. The third kappa shape index (κ3) is 3.61. The van der Waals surface area contributed by atoms with E-state index in [-0.39, 0.29) is 16.7 Å². The van der Waals surface area contributed by atoms with Crippen LogP contribution < -0.4 is 5.32 Å². The van der Waals surface area contributed by atoms with Crippen LogP contribution in [0.3, 0.4) is 0 Å². The molecule has 0 aliphatic carbocycles. The first-order chi connectivity index (χ1) is 9.88. The molecule has 5 heteroatoms. The Bertz CT molecular complexity index is 645. The summed E-state index contributed by atoms with van der Waals surface area (Å²) in [5, 5.41) is 14.1. The summed E-state index contributed by atoms with van der Waals surface area (Å²) in [6, 6.07) is 10.9. The zero-order chi connectivity index (χ0) is 15.6. The minimum Gasteiger partial charge on any atom is -0.379 e. The number of nitrogens with zero attached hydrogens (tertiary/aromatic N) is 1. The van der Waals surface area contributed by atoms with Gasteiger partial charge in [-0.1, -0.05) is 28.1 Å². The van der Waals surface area contributed by atoms with Crippen molar-refractivity contribution in [2.45, 2.75) is 26.8 Å². The van der Waals surface area contributed by atoms with Gasteiger partial charge in [0.05, 0.1) is 4.92 Å². The van der Waals surface area contributed by atoms with Crippen LogP contribution in [0.1, 0.15) is 29.7 Å². The van der Waals surface area contributed by atoms with Gasteiger partial charge in [-0.2, -0.15) is 0 Å². The first-order valence-electron chi connectivity index (χ1n) is 6.66. The van der Waals surface area contributed by atoms with Crippen molar-refractivity contribution in [2.75, 3.05) is 5.32 Å². The highest BCUT2D eigenvalue weighted by molar-refractivity contribution is 9.10. The molecule has 2 aromatic rings. The number of rotatable bonds is 4. The smallest absolute Gasteiger partial charge is 0.269 e. The lowest BCUT2D eigenvalue weighted by molar-refractivity contribution is -0.384. The average Bonchev–Trinajstić information content (AvgIpc) is 2.44. The fourth-order valence-electron chi connectivity index (χ4n) is 2.25. The number of aryl methyl sites for hydroxylation is 2. The van der Waals surface area contributed by atoms with E-state index in [0.29, 0.717) is 0 Å². The molecular formula is C16H17BrN2O2. The molecule has 0 aliphatic heterocycles. The van der Waals surface area contributed by atoms with E-state index < -0.39 is 0 Å². The number of nitro groups is 1. The van der Waals surface area contributed by atoms with Gasteiger partial charge in [-0.15, -0.1) is 0 Å². The number of nitro benzene ring substituents is 1. The lowest BCUT2D eigenvalue weighted by Crippen LogP contribution is -2.07. The van der Waals surface area contributed by atoms with Gasteiger partial charge in [-0.25, -0.2) is 0 Å². The van der Waals surface area contributed by atoms with Crippen molar-refractivity contribution < 1.29 is 4.92 Å². The molecule has 0 bridgehead atoms. The van der Waals surface area contributed by atoms with Gasteiger partial charge in [0.2, 0.25) is 0 Å². The van der Waals surface area contributed by atoms with Crippen LogP contribution in [-0.4, -0.2) is 4.92 Å². The Kier molecular flexibility index (Phi) is 4.63. The number of anilines is 1. The summed E-state index contributed by atoms with van der Waals surface area (Å²) < 4.78 is 1.12. The van der Waals surface area contributed by atoms with Gasteiger partial charge in [0.1, 0.15) is 0 Å². The van der Waals surface area contributed by atoms with Crippen molar-refractivity contribution in [2.24, 2.45) is 0 Å². The monoisotopic (exact) mass is 348 g/mol. The summed E-state index contributed by atoms with van der Waals surface area (Å²) in [4.78, 5) is 10.3. The van der Waals surface area contributed by atoms with E-state index in [1.54, 1.807) is 12.1 Å². The summed E-state index contributed by atoms with van der Waals surface area (Å²) in [7, 11) is 0. The lowest BCUT2D eigenvalue weighted by atomic mass is 10.1. The number of halogens is 1. The molecule has 0 saturated heterocycles. The Labute approximate surface area is 132 Å². The normalized spacial score (nSPS) is 12.0. The second-order valence-corrected chi connectivity index (χ2v) is 5.93. The number of hydrogen-bond acceptors (Lipinski definition) is 3. The zero-order valence-corrected chi connectivity index (χ0v) is 13.8. The van der Waals surface area contributed by atoms with Gasteiger partial charge in [0.25, 0.3) is 5.69 Å². The molecule has 0 saturated carbocycles. The molecule has 0 aliphatic rings. The lowest BCUT2D eigenvalue weighted by Gasteiger charge is -2.17. The van der Waals surface area contributed by atoms with Crippen molar-refractivity contribution in [1.29, 1.82) is 0 Å². The molecule has 1 unspecified atom stereocenters. The summed E-state index contributed by atoms with van der Waals surface area (Å²) in [6.07, 6.45) is 0. The molecule has 1 N–H and O–H groups in total. The van der Waals surface area contributed by atoms with Crippen molar-refractivity contribution in [3.05, 3.63) is 67.7 Å². The van der Waals surface area contributed by atoms with Gasteiger partial charge >= 0.3 is 0 Å². The minimum atomic E-state index is -0.386. The molecule has 2 aromatic carbocycles. The Morgan fingerprint density at radius 1 is 1.14 bits per heavy atom. The fourth-order valence-corrected chi connectivity index (χ4v) is 2.48. The van der Waals surface area contributed by atoms with Crippen LogP contribution in [0.2, 0.25) is 0 Å². The van der Waals surface area contributed by atoms with Crippen molar-refractivity contribution in [3.63, 3.8) is 0 Å². The molecule has 0 amide bonds. The molecule has 1 atom stereocenters. The van der Waals surface area contributed by atoms with Crippen LogP contribution in [0.15, 0.2) is 40.9 Å². The highest BCUT2D eigenvalue weighted by Crippen LogP contribution is 2.28. The van der Waals surface area contributed by atoms with Crippen LogP contribution in [0, 0.1) is 24.0 Å². The van der Waals surface area contributed by atoms with Crippen molar-refractivity contribution >= 4 is 27.3 Å². The van der Waals surface area contributed by atoms with E-state index >= 15 is 0 Å². The Morgan fingerprint density at radius 2 is 1.67 bits per heavy atom. The maximum absolute atomic E-state index is 10.7. The summed E-state index contributed by atoms with van der Waals surface area (Å²) in [5.74, 6) is 0. The van der Waals surface area contributed by atoms with E-state index in [9.17, 15) is 10.1 Å². The molecular weight excluding hydrogens is 332 g/mol. The minimum absolute atomic E-state index is 0.0748. The standard InChI is InChI=1S/C16H17BrN2O2/c1-10-8-14(9-11(2)16(10)17)18-12(3)13-4-6-15(7-5-13)19(20)21/h4-9,12,18H,1-3H3. The molecule has 4 nitrogen and oxygen atoms in total. The number of non-ortho nitro benzene ring substituents is 1. The second-order valence-electron chi connectivity index (χ2n) is 5.14. The van der Waals surface area contributed by atoms with Crippen LogP contribution in [0.4, 0.5) is 11.4 Å². The molecule has 2 rings (SSSR count). The maximum atomic E-state index is 10.7. The predicted octanol–water partition coefficient (Wildman–Crippen LogP) is 5.15. The SMILES string of the molecule is Cc1cc(NC(C)c2ccc([N+](=O)[O-])cc2)cc(C)c1Br. The number of benzene rings is 2. The number of nitrogens with one attached hydrogen (secondary N) is 1. The van der Waals surface area contributed by atoms with Gasteiger partial charge < -0.3 is 5.32 Å². The Hall–Kier alpha value is -1.88. The topological polar surface area (TPSA) is 55.2 Å². The van der Waals surface area contributed by atoms with Gasteiger partial charge in [-0.3, -0.25) is 10.1 Å². The highest BCUT2D eigenvalue weighted by atomic mass is 79.9. The molecule has 0 radical (unpaired) electrons. The summed E-state index contributed by atoms with van der Waals surface area (Å²) >= 11 is 3.55. The van der Waals surface area contributed by atoms with Crippen LogP contribution >= 0.6 is 15.9 Å². The fraction of sp³-hybridized carbons (Fsp3) is 0.250. The van der Waals surface area contributed by atoms with Crippen LogP contribution in [0.25, 0.3) is 0 Å². The largest absolute Gasteiger partial charge is 0.379 e. The number of hydrogen-bond donors (Lipinski definition) is 1. The molecule has 0 spiro atoms. The summed E-state index contributed by atoms with van der Waals surface area (Å²) in [5.41, 5.74) is 4.51. The first-order valence-corrected chi connectivity index (χ1v) is 7.45. The van der Waals surface area contributed by atoms with Crippen molar-refractivity contribution in [3.8, 4) is 0 Å². The quantitative estimate of drug-likeness (QED) is 0.614. The van der Waals surface area contributed by atoms with E-state index in [4.69, 9.17) is 0 Å². The van der Waals surface area contributed by atoms with E-state index in [0.717, 1.165) is 15.7 Å². The molecule has 0 heterocycles. The third-order valence-electron chi connectivity index (χ3n) is 3.42. The molecule has 0 fully saturated rings. The maximum Gasteiger partial charge on any atom is 0.269 e. The molecule has 21 heavy (non-hydrogen) atoms. The van der Waals surface area contributed by atoms with Gasteiger partial charge in [0.15, 0.2) is 0 Å². The first kappa shape index (κ1) is 15.5. The third-order valence-corrected chi connectivity index (χ3v) is 4.67. The summed E-state index contributed by atoms with van der Waals surface area (Å²) in [6.45, 7) is 6.14. The van der Waals surface area contributed by atoms with Crippen LogP contribution in [0.5, 0.6) is 0 Å². The van der Waals surface area contributed by atoms with E-state index in [1.165, 1.54) is 23.3 Å². The Balaban J connectivity index is 2.17. The van der Waals surface area contributed by atoms with E-state index in [2.05, 4.69) is 47.2 Å². The Morgan fingerprint density at radius 3 is 2.14 bits per heavy atom. The molecule has 110 valence electrons. The van der Waals surface area contributed by atoms with Gasteiger partial charge in [0, 0.05) is 28.3 Å².